The Balaban J connectivity index is 2.47. The molecule has 0 bridgehead atoms. The molecule has 5 heteroatoms. The lowest BCUT2D eigenvalue weighted by molar-refractivity contribution is 0.0598. The number of carbonyl (C=O) groups excluding carboxylic acids is 1. The van der Waals surface area contributed by atoms with Gasteiger partial charge in [0.1, 0.15) is 22.9 Å². The first-order valence-electron chi connectivity index (χ1n) is 6.25. The van der Waals surface area contributed by atoms with Crippen molar-refractivity contribution < 1.29 is 18.7 Å². The van der Waals surface area contributed by atoms with Gasteiger partial charge in [0.2, 0.25) is 0 Å². The fourth-order valence-corrected chi connectivity index (χ4v) is 2.02. The van der Waals surface area contributed by atoms with Gasteiger partial charge in [0, 0.05) is 11.1 Å². The number of hydrogen-bond acceptors (Lipinski definition) is 3. The molecule has 0 amide bonds. The Morgan fingerprint density at radius 3 is 2.43 bits per heavy atom. The van der Waals surface area contributed by atoms with Crippen molar-refractivity contribution in [2.75, 3.05) is 7.11 Å². The molecule has 0 aliphatic rings. The summed E-state index contributed by atoms with van der Waals surface area (Å²) in [7, 11) is 1.29. The van der Waals surface area contributed by atoms with Crippen LogP contribution in [0.4, 0.5) is 4.39 Å². The molecule has 3 nitrogen and oxygen atoms in total. The van der Waals surface area contributed by atoms with Gasteiger partial charge in [-0.2, -0.15) is 0 Å². The normalized spacial score (nSPS) is 10.3. The average molecular weight is 309 g/mol. The van der Waals surface area contributed by atoms with Gasteiger partial charge in [-0.3, -0.25) is 0 Å². The quantitative estimate of drug-likeness (QED) is 0.773. The highest BCUT2D eigenvalue weighted by atomic mass is 35.5. The Kier molecular flexibility index (Phi) is 4.48. The number of hydrogen-bond donors (Lipinski definition) is 0. The van der Waals surface area contributed by atoms with E-state index in [0.29, 0.717) is 16.3 Å². The number of carbonyl (C=O) groups is 1. The molecule has 0 saturated heterocycles. The molecule has 0 saturated carbocycles. The van der Waals surface area contributed by atoms with Crippen molar-refractivity contribution in [3.63, 3.8) is 0 Å². The van der Waals surface area contributed by atoms with Crippen molar-refractivity contribution in [3.05, 3.63) is 57.9 Å². The summed E-state index contributed by atoms with van der Waals surface area (Å²) in [5.74, 6) is -0.159. The van der Waals surface area contributed by atoms with E-state index in [1.165, 1.54) is 25.3 Å². The average Bonchev–Trinajstić information content (AvgIpc) is 2.44. The monoisotopic (exact) mass is 308 g/mol. The molecule has 0 aromatic heterocycles. The van der Waals surface area contributed by atoms with Crippen LogP contribution in [0.3, 0.4) is 0 Å². The van der Waals surface area contributed by atoms with Crippen molar-refractivity contribution >= 4 is 17.6 Å². The molecule has 2 aromatic rings. The zero-order valence-electron chi connectivity index (χ0n) is 11.9. The van der Waals surface area contributed by atoms with Crippen LogP contribution in [0.1, 0.15) is 21.5 Å². The van der Waals surface area contributed by atoms with E-state index in [-0.39, 0.29) is 17.1 Å². The van der Waals surface area contributed by atoms with Gasteiger partial charge in [-0.15, -0.1) is 0 Å². The Hall–Kier alpha value is -2.07. The molecule has 0 radical (unpaired) electrons. The van der Waals surface area contributed by atoms with Crippen molar-refractivity contribution in [2.45, 2.75) is 13.8 Å². The SMILES string of the molecule is COC(=O)c1cc(C)c(Cl)cc1Oc1ccc(F)cc1C. The van der Waals surface area contributed by atoms with Crippen molar-refractivity contribution in [2.24, 2.45) is 0 Å². The minimum Gasteiger partial charge on any atom is -0.465 e. The van der Waals surface area contributed by atoms with Gasteiger partial charge in [-0.25, -0.2) is 9.18 Å². The van der Waals surface area contributed by atoms with E-state index in [0.717, 1.165) is 5.56 Å². The topological polar surface area (TPSA) is 35.5 Å². The smallest absolute Gasteiger partial charge is 0.341 e. The first-order chi connectivity index (χ1) is 9.92. The predicted octanol–water partition coefficient (Wildman–Crippen LogP) is 4.67. The minimum atomic E-state index is -0.524. The van der Waals surface area contributed by atoms with Gasteiger partial charge in [0.25, 0.3) is 0 Å². The summed E-state index contributed by atoms with van der Waals surface area (Å²) in [6.45, 7) is 3.49. The van der Waals surface area contributed by atoms with Gasteiger partial charge < -0.3 is 9.47 Å². The third-order valence-electron chi connectivity index (χ3n) is 3.02. The van der Waals surface area contributed by atoms with Gasteiger partial charge in [0.15, 0.2) is 0 Å². The second-order valence-corrected chi connectivity index (χ2v) is 5.01. The summed E-state index contributed by atoms with van der Waals surface area (Å²) in [5.41, 5.74) is 1.62. The maximum absolute atomic E-state index is 13.1. The van der Waals surface area contributed by atoms with Gasteiger partial charge in [-0.05, 0) is 49.2 Å². The van der Waals surface area contributed by atoms with Gasteiger partial charge in [0.05, 0.1) is 7.11 Å². The highest BCUT2D eigenvalue weighted by molar-refractivity contribution is 6.31. The lowest BCUT2D eigenvalue weighted by Crippen LogP contribution is -2.05. The van der Waals surface area contributed by atoms with E-state index >= 15 is 0 Å². The molecule has 2 rings (SSSR count). The van der Waals surface area contributed by atoms with Crippen molar-refractivity contribution in [1.29, 1.82) is 0 Å². The van der Waals surface area contributed by atoms with E-state index in [4.69, 9.17) is 21.1 Å². The highest BCUT2D eigenvalue weighted by Crippen LogP contribution is 2.32. The Morgan fingerprint density at radius 1 is 1.10 bits per heavy atom. The zero-order chi connectivity index (χ0) is 15.6. The summed E-state index contributed by atoms with van der Waals surface area (Å²) in [5, 5.41) is 0.470. The molecule has 110 valence electrons. The molecule has 0 spiro atoms. The van der Waals surface area contributed by atoms with E-state index in [1.54, 1.807) is 26.0 Å². The molecular formula is C16H14ClFO3. The summed E-state index contributed by atoms with van der Waals surface area (Å²) < 4.78 is 23.6. The summed E-state index contributed by atoms with van der Waals surface area (Å²) in [6, 6.07) is 7.28. The van der Waals surface area contributed by atoms with Crippen molar-refractivity contribution in [1.82, 2.24) is 0 Å². The summed E-state index contributed by atoms with van der Waals surface area (Å²) in [6.07, 6.45) is 0. The van der Waals surface area contributed by atoms with Crippen LogP contribution in [0, 0.1) is 19.7 Å². The van der Waals surface area contributed by atoms with Crippen LogP contribution >= 0.6 is 11.6 Å². The number of rotatable bonds is 3. The number of methoxy groups -OCH3 is 1. The van der Waals surface area contributed by atoms with Crippen LogP contribution in [0.25, 0.3) is 0 Å². The number of aryl methyl sites for hydroxylation is 2. The molecule has 0 aliphatic heterocycles. The minimum absolute atomic E-state index is 0.267. The number of esters is 1. The van der Waals surface area contributed by atoms with Crippen LogP contribution in [0.2, 0.25) is 5.02 Å². The summed E-state index contributed by atoms with van der Waals surface area (Å²) >= 11 is 6.07. The fraction of sp³-hybridized carbons (Fsp3) is 0.188. The third kappa shape index (κ3) is 3.34. The molecule has 21 heavy (non-hydrogen) atoms. The van der Waals surface area contributed by atoms with E-state index in [2.05, 4.69) is 0 Å². The van der Waals surface area contributed by atoms with Gasteiger partial charge >= 0.3 is 5.97 Å². The predicted molar refractivity (Wildman–Crippen MR) is 78.7 cm³/mol. The van der Waals surface area contributed by atoms with Crippen molar-refractivity contribution in [3.8, 4) is 11.5 Å². The maximum atomic E-state index is 13.1. The summed E-state index contributed by atoms with van der Waals surface area (Å²) in [4.78, 5) is 11.8. The van der Waals surface area contributed by atoms with Gasteiger partial charge in [-0.1, -0.05) is 11.6 Å². The molecular weight excluding hydrogens is 295 g/mol. The lowest BCUT2D eigenvalue weighted by atomic mass is 10.1. The Morgan fingerprint density at radius 2 is 1.81 bits per heavy atom. The molecule has 0 heterocycles. The molecule has 2 aromatic carbocycles. The molecule has 0 unspecified atom stereocenters. The van der Waals surface area contributed by atoms with Crippen LogP contribution in [-0.4, -0.2) is 13.1 Å². The van der Waals surface area contributed by atoms with Crippen LogP contribution in [0.15, 0.2) is 30.3 Å². The standard InChI is InChI=1S/C16H14ClFO3/c1-9-7-12(16(19)20-3)15(8-13(9)17)21-14-5-4-11(18)6-10(14)2/h4-8H,1-3H3. The van der Waals surface area contributed by atoms with Crippen LogP contribution < -0.4 is 4.74 Å². The molecule has 0 N–H and O–H groups in total. The first kappa shape index (κ1) is 15.3. The van der Waals surface area contributed by atoms with Crippen LogP contribution in [-0.2, 0) is 4.74 Å². The Labute approximate surface area is 127 Å². The maximum Gasteiger partial charge on any atom is 0.341 e. The first-order valence-corrected chi connectivity index (χ1v) is 6.62. The number of ether oxygens (including phenoxy) is 2. The number of halogens is 2. The molecule has 0 aliphatic carbocycles. The molecule has 0 fully saturated rings. The third-order valence-corrected chi connectivity index (χ3v) is 3.43. The second-order valence-electron chi connectivity index (χ2n) is 4.60. The Bertz CT molecular complexity index is 698. The highest BCUT2D eigenvalue weighted by Gasteiger charge is 2.17. The number of benzene rings is 2. The van der Waals surface area contributed by atoms with E-state index < -0.39 is 5.97 Å². The zero-order valence-corrected chi connectivity index (χ0v) is 12.6. The van der Waals surface area contributed by atoms with E-state index in [9.17, 15) is 9.18 Å². The fourth-order valence-electron chi connectivity index (χ4n) is 1.86. The van der Waals surface area contributed by atoms with Crippen LogP contribution in [0.5, 0.6) is 11.5 Å². The second kappa shape index (κ2) is 6.14. The largest absolute Gasteiger partial charge is 0.465 e. The van der Waals surface area contributed by atoms with E-state index in [1.807, 2.05) is 0 Å². The lowest BCUT2D eigenvalue weighted by Gasteiger charge is -2.13. The molecule has 0 atom stereocenters.